The van der Waals surface area contributed by atoms with Gasteiger partial charge in [0.05, 0.1) is 0 Å². The number of rotatable bonds is 3. The van der Waals surface area contributed by atoms with Crippen molar-refractivity contribution in [1.82, 2.24) is 10.6 Å². The van der Waals surface area contributed by atoms with E-state index in [1.54, 1.807) is 13.8 Å². The predicted molar refractivity (Wildman–Crippen MR) is 81.3 cm³/mol. The van der Waals surface area contributed by atoms with Crippen LogP contribution in [0.4, 0.5) is 0 Å². The highest BCUT2D eigenvalue weighted by molar-refractivity contribution is 6.04. The number of nitrogens with one attached hydrogen (secondary N) is 2. The second-order valence-corrected chi connectivity index (χ2v) is 7.49. The fraction of sp³-hybridized carbons (Fsp3) is 0.875. The zero-order chi connectivity index (χ0) is 15.4. The standard InChI is InChI=1S/C16H30N2O2/c1-15(2,3)18-14(20)16(4,5)13(19)17-12-10-8-6-7-9-11-12/h12H,6-11H2,1-5H3,(H,17,19)(H,18,20). The molecule has 1 saturated carbocycles. The second-order valence-electron chi connectivity index (χ2n) is 7.49. The highest BCUT2D eigenvalue weighted by Crippen LogP contribution is 2.21. The third-order valence-electron chi connectivity index (χ3n) is 3.81. The van der Waals surface area contributed by atoms with Gasteiger partial charge in [0.2, 0.25) is 11.8 Å². The zero-order valence-corrected chi connectivity index (χ0v) is 13.6. The molecule has 0 spiro atoms. The molecule has 2 amide bonds. The molecule has 1 aliphatic rings. The molecule has 1 fully saturated rings. The highest BCUT2D eigenvalue weighted by atomic mass is 16.2. The molecule has 2 N–H and O–H groups in total. The molecule has 0 heterocycles. The molecule has 4 heteroatoms. The van der Waals surface area contributed by atoms with Crippen LogP contribution in [0, 0.1) is 5.41 Å². The maximum atomic E-state index is 12.4. The highest BCUT2D eigenvalue weighted by Gasteiger charge is 2.38. The summed E-state index contributed by atoms with van der Waals surface area (Å²) in [5.41, 5.74) is -1.35. The minimum Gasteiger partial charge on any atom is -0.352 e. The topological polar surface area (TPSA) is 58.2 Å². The van der Waals surface area contributed by atoms with Gasteiger partial charge in [0.25, 0.3) is 0 Å². The lowest BCUT2D eigenvalue weighted by atomic mass is 9.89. The van der Waals surface area contributed by atoms with Crippen molar-refractivity contribution in [2.45, 2.75) is 84.7 Å². The van der Waals surface area contributed by atoms with Crippen LogP contribution in [0.2, 0.25) is 0 Å². The first-order valence-corrected chi connectivity index (χ1v) is 7.76. The molecule has 0 aromatic heterocycles. The van der Waals surface area contributed by atoms with E-state index in [2.05, 4.69) is 10.6 Å². The van der Waals surface area contributed by atoms with Gasteiger partial charge in [-0.05, 0) is 47.5 Å². The smallest absolute Gasteiger partial charge is 0.235 e. The predicted octanol–water partition coefficient (Wildman–Crippen LogP) is 2.77. The van der Waals surface area contributed by atoms with E-state index in [0.717, 1.165) is 12.8 Å². The van der Waals surface area contributed by atoms with Crippen molar-refractivity contribution in [2.75, 3.05) is 0 Å². The zero-order valence-electron chi connectivity index (χ0n) is 13.6. The molecule has 0 aromatic carbocycles. The van der Waals surface area contributed by atoms with Crippen molar-refractivity contribution < 1.29 is 9.59 Å². The average molecular weight is 282 g/mol. The number of carbonyl (C=O) groups is 2. The van der Waals surface area contributed by atoms with Crippen molar-refractivity contribution in [3.8, 4) is 0 Å². The first-order valence-electron chi connectivity index (χ1n) is 7.76. The minimum atomic E-state index is -1.03. The van der Waals surface area contributed by atoms with E-state index in [0.29, 0.717) is 0 Å². The van der Waals surface area contributed by atoms with E-state index in [-0.39, 0.29) is 23.4 Å². The maximum absolute atomic E-state index is 12.4. The summed E-state index contributed by atoms with van der Waals surface area (Å²) in [7, 11) is 0. The van der Waals surface area contributed by atoms with Gasteiger partial charge in [0.15, 0.2) is 0 Å². The number of amides is 2. The molecule has 0 bridgehead atoms. The van der Waals surface area contributed by atoms with Crippen LogP contribution in [0.25, 0.3) is 0 Å². The Morgan fingerprint density at radius 3 is 1.80 bits per heavy atom. The SMILES string of the molecule is CC(C)(C)NC(=O)C(C)(C)C(=O)NC1CCCCCC1. The van der Waals surface area contributed by atoms with Crippen LogP contribution in [0.5, 0.6) is 0 Å². The average Bonchev–Trinajstić information content (AvgIpc) is 2.55. The molecule has 0 unspecified atom stereocenters. The number of hydrogen-bond donors (Lipinski definition) is 2. The van der Waals surface area contributed by atoms with Crippen molar-refractivity contribution in [3.05, 3.63) is 0 Å². The normalized spacial score (nSPS) is 18.2. The summed E-state index contributed by atoms with van der Waals surface area (Å²) in [4.78, 5) is 24.7. The van der Waals surface area contributed by atoms with Crippen LogP contribution in [0.15, 0.2) is 0 Å². The van der Waals surface area contributed by atoms with Gasteiger partial charge in [0.1, 0.15) is 5.41 Å². The van der Waals surface area contributed by atoms with E-state index in [1.165, 1.54) is 25.7 Å². The molecular weight excluding hydrogens is 252 g/mol. The Labute approximate surface area is 123 Å². The molecule has 0 atom stereocenters. The Morgan fingerprint density at radius 1 is 0.850 bits per heavy atom. The van der Waals surface area contributed by atoms with E-state index in [9.17, 15) is 9.59 Å². The summed E-state index contributed by atoms with van der Waals surface area (Å²) >= 11 is 0. The molecule has 0 saturated heterocycles. The van der Waals surface area contributed by atoms with Crippen LogP contribution in [0.3, 0.4) is 0 Å². The van der Waals surface area contributed by atoms with Crippen LogP contribution in [0.1, 0.15) is 73.1 Å². The van der Waals surface area contributed by atoms with Crippen molar-refractivity contribution in [2.24, 2.45) is 5.41 Å². The third-order valence-corrected chi connectivity index (χ3v) is 3.81. The third kappa shape index (κ3) is 5.14. The van der Waals surface area contributed by atoms with E-state index in [1.807, 2.05) is 20.8 Å². The fourth-order valence-corrected chi connectivity index (χ4v) is 2.39. The van der Waals surface area contributed by atoms with Crippen LogP contribution in [-0.4, -0.2) is 23.4 Å². The van der Waals surface area contributed by atoms with E-state index in [4.69, 9.17) is 0 Å². The summed E-state index contributed by atoms with van der Waals surface area (Å²) in [6.45, 7) is 9.15. The summed E-state index contributed by atoms with van der Waals surface area (Å²) in [6.07, 6.45) is 6.89. The van der Waals surface area contributed by atoms with Gasteiger partial charge in [-0.2, -0.15) is 0 Å². The van der Waals surface area contributed by atoms with Gasteiger partial charge in [-0.25, -0.2) is 0 Å². The summed E-state index contributed by atoms with van der Waals surface area (Å²) in [5, 5.41) is 5.96. The minimum absolute atomic E-state index is 0.161. The lowest BCUT2D eigenvalue weighted by molar-refractivity contribution is -0.142. The fourth-order valence-electron chi connectivity index (χ4n) is 2.39. The van der Waals surface area contributed by atoms with Crippen molar-refractivity contribution >= 4 is 11.8 Å². The molecule has 0 radical (unpaired) electrons. The molecular formula is C16H30N2O2. The Hall–Kier alpha value is -1.06. The quantitative estimate of drug-likeness (QED) is 0.617. The maximum Gasteiger partial charge on any atom is 0.235 e. The second kappa shape index (κ2) is 6.59. The van der Waals surface area contributed by atoms with E-state index < -0.39 is 5.41 Å². The van der Waals surface area contributed by atoms with Gasteiger partial charge >= 0.3 is 0 Å². The first kappa shape index (κ1) is 17.0. The Balaban J connectivity index is 2.61. The molecule has 116 valence electrons. The van der Waals surface area contributed by atoms with Gasteiger partial charge < -0.3 is 10.6 Å². The van der Waals surface area contributed by atoms with Gasteiger partial charge in [-0.15, -0.1) is 0 Å². The molecule has 0 aliphatic heterocycles. The van der Waals surface area contributed by atoms with Crippen LogP contribution < -0.4 is 10.6 Å². The first-order chi connectivity index (χ1) is 9.13. The van der Waals surface area contributed by atoms with Crippen LogP contribution >= 0.6 is 0 Å². The summed E-state index contributed by atoms with van der Waals surface area (Å²) in [5.74, 6) is -0.373. The van der Waals surface area contributed by atoms with Crippen molar-refractivity contribution in [1.29, 1.82) is 0 Å². The Kier molecular flexibility index (Phi) is 5.60. The molecule has 20 heavy (non-hydrogen) atoms. The Morgan fingerprint density at radius 2 is 1.35 bits per heavy atom. The molecule has 1 aliphatic carbocycles. The van der Waals surface area contributed by atoms with Gasteiger partial charge in [0, 0.05) is 11.6 Å². The lowest BCUT2D eigenvalue weighted by Crippen LogP contribution is -2.54. The van der Waals surface area contributed by atoms with Gasteiger partial charge in [-0.1, -0.05) is 25.7 Å². The molecule has 4 nitrogen and oxygen atoms in total. The largest absolute Gasteiger partial charge is 0.352 e. The number of carbonyl (C=O) groups excluding carboxylic acids is 2. The molecule has 1 rings (SSSR count). The molecule has 0 aromatic rings. The monoisotopic (exact) mass is 282 g/mol. The van der Waals surface area contributed by atoms with Gasteiger partial charge in [-0.3, -0.25) is 9.59 Å². The van der Waals surface area contributed by atoms with Crippen molar-refractivity contribution in [3.63, 3.8) is 0 Å². The summed E-state index contributed by atoms with van der Waals surface area (Å²) < 4.78 is 0. The van der Waals surface area contributed by atoms with Crippen LogP contribution in [-0.2, 0) is 9.59 Å². The number of hydrogen-bond acceptors (Lipinski definition) is 2. The summed E-state index contributed by atoms with van der Waals surface area (Å²) in [6, 6.07) is 0.228. The lowest BCUT2D eigenvalue weighted by Gasteiger charge is -2.30. The van der Waals surface area contributed by atoms with E-state index >= 15 is 0 Å². The Bertz CT molecular complexity index is 348.